The van der Waals surface area contributed by atoms with Gasteiger partial charge in [0, 0.05) is 24.2 Å². The van der Waals surface area contributed by atoms with Gasteiger partial charge in [-0.2, -0.15) is 0 Å². The van der Waals surface area contributed by atoms with Crippen LogP contribution in [0.2, 0.25) is 0 Å². The van der Waals surface area contributed by atoms with E-state index in [1.165, 1.54) is 25.7 Å². The van der Waals surface area contributed by atoms with E-state index in [4.69, 9.17) is 13.9 Å². The van der Waals surface area contributed by atoms with Crippen molar-refractivity contribution in [2.24, 2.45) is 0 Å². The summed E-state index contributed by atoms with van der Waals surface area (Å²) >= 11 is 0. The number of ether oxygens (including phenoxy) is 2. The number of methoxy groups -OCH3 is 1. The number of hydrogen-bond acceptors (Lipinski definition) is 9. The number of halogens is 1. The standard InChI is InChI=1S/C23H25NO8.ClH/c1-30-23-21(29)19-17(31-8-7-24-5-3-2-4-6-24)11-14(25)12-18(19)32-22(23)13-9-15(26)20(28)16(27)10-13;/h9-12,25-28H,2-8H2,1H3;1H. The van der Waals surface area contributed by atoms with Gasteiger partial charge < -0.3 is 34.3 Å². The van der Waals surface area contributed by atoms with Crippen molar-refractivity contribution in [2.45, 2.75) is 19.3 Å². The first-order valence-electron chi connectivity index (χ1n) is 10.4. The minimum atomic E-state index is -0.696. The van der Waals surface area contributed by atoms with Crippen LogP contribution >= 0.6 is 12.4 Å². The first-order chi connectivity index (χ1) is 15.4. The van der Waals surface area contributed by atoms with E-state index in [0.717, 1.165) is 38.1 Å². The van der Waals surface area contributed by atoms with Crippen molar-refractivity contribution in [1.82, 2.24) is 4.90 Å². The molecule has 0 amide bonds. The highest BCUT2D eigenvalue weighted by Crippen LogP contribution is 2.42. The Hall–Kier alpha value is -3.30. The molecular weight excluding hydrogens is 454 g/mol. The van der Waals surface area contributed by atoms with Crippen molar-refractivity contribution in [3.63, 3.8) is 0 Å². The Balaban J connectivity index is 0.00000306. The van der Waals surface area contributed by atoms with E-state index in [0.29, 0.717) is 13.2 Å². The first kappa shape index (κ1) is 24.3. The lowest BCUT2D eigenvalue weighted by atomic mass is 10.1. The third kappa shape index (κ3) is 4.89. The lowest BCUT2D eigenvalue weighted by molar-refractivity contribution is 0.184. The highest BCUT2D eigenvalue weighted by atomic mass is 35.5. The number of benzene rings is 2. The van der Waals surface area contributed by atoms with Gasteiger partial charge in [0.1, 0.15) is 29.1 Å². The maximum atomic E-state index is 13.3. The normalized spacial score (nSPS) is 14.1. The molecule has 1 fully saturated rings. The van der Waals surface area contributed by atoms with Crippen molar-refractivity contribution in [3.05, 3.63) is 34.5 Å². The number of phenols is 4. The predicted octanol–water partition coefficient (Wildman–Crippen LogP) is 3.58. The molecule has 0 saturated carbocycles. The van der Waals surface area contributed by atoms with Crippen LogP contribution in [-0.4, -0.2) is 58.7 Å². The van der Waals surface area contributed by atoms with Gasteiger partial charge in [0.2, 0.25) is 11.2 Å². The molecule has 0 unspecified atom stereocenters. The molecule has 4 rings (SSSR count). The van der Waals surface area contributed by atoms with Gasteiger partial charge in [-0.25, -0.2) is 0 Å². The second kappa shape index (κ2) is 10.1. The zero-order valence-corrected chi connectivity index (χ0v) is 18.9. The van der Waals surface area contributed by atoms with Crippen LogP contribution in [0, 0.1) is 0 Å². The van der Waals surface area contributed by atoms with Crippen LogP contribution in [0.3, 0.4) is 0 Å². The van der Waals surface area contributed by atoms with Crippen molar-refractivity contribution in [1.29, 1.82) is 0 Å². The number of nitrogens with zero attached hydrogens (tertiary/aromatic N) is 1. The zero-order valence-electron chi connectivity index (χ0n) is 18.0. The number of fused-ring (bicyclic) bond motifs is 1. The lowest BCUT2D eigenvalue weighted by Crippen LogP contribution is -2.33. The summed E-state index contributed by atoms with van der Waals surface area (Å²) in [5.74, 6) is -2.12. The van der Waals surface area contributed by atoms with Crippen molar-refractivity contribution >= 4 is 23.4 Å². The van der Waals surface area contributed by atoms with E-state index in [1.807, 2.05) is 0 Å². The second-order valence-electron chi connectivity index (χ2n) is 7.72. The number of phenolic OH excluding ortho intramolecular Hbond substituents is 4. The second-order valence-corrected chi connectivity index (χ2v) is 7.72. The molecule has 1 aliphatic rings. The molecule has 4 N–H and O–H groups in total. The van der Waals surface area contributed by atoms with Gasteiger partial charge in [0.05, 0.1) is 7.11 Å². The summed E-state index contributed by atoms with van der Waals surface area (Å²) in [6.07, 6.45) is 3.54. The van der Waals surface area contributed by atoms with Crippen LogP contribution in [0.1, 0.15) is 19.3 Å². The summed E-state index contributed by atoms with van der Waals surface area (Å²) in [6.45, 7) is 3.05. The van der Waals surface area contributed by atoms with Gasteiger partial charge in [-0.05, 0) is 38.1 Å². The summed E-state index contributed by atoms with van der Waals surface area (Å²) in [5.41, 5.74) is -0.390. The summed E-state index contributed by atoms with van der Waals surface area (Å²) in [7, 11) is 1.29. The fraction of sp³-hybridized carbons (Fsp3) is 0.348. The maximum absolute atomic E-state index is 13.3. The molecule has 0 aliphatic carbocycles. The zero-order chi connectivity index (χ0) is 22.8. The minimum Gasteiger partial charge on any atom is -0.508 e. The van der Waals surface area contributed by atoms with E-state index in [2.05, 4.69) is 4.90 Å². The number of aromatic hydroxyl groups is 4. The van der Waals surface area contributed by atoms with Crippen molar-refractivity contribution < 1.29 is 34.3 Å². The molecule has 2 heterocycles. The number of hydrogen-bond donors (Lipinski definition) is 4. The fourth-order valence-corrected chi connectivity index (χ4v) is 3.95. The Morgan fingerprint density at radius 2 is 1.67 bits per heavy atom. The summed E-state index contributed by atoms with van der Waals surface area (Å²) in [5, 5.41) is 39.6. The Labute approximate surface area is 195 Å². The van der Waals surface area contributed by atoms with E-state index < -0.39 is 22.7 Å². The molecular formula is C23H26ClNO8. The third-order valence-electron chi connectivity index (χ3n) is 5.55. The van der Waals surface area contributed by atoms with Gasteiger partial charge >= 0.3 is 0 Å². The van der Waals surface area contributed by atoms with Gasteiger partial charge in [-0.1, -0.05) is 6.42 Å². The van der Waals surface area contributed by atoms with Gasteiger partial charge in [0.25, 0.3) is 0 Å². The molecule has 33 heavy (non-hydrogen) atoms. The summed E-state index contributed by atoms with van der Waals surface area (Å²) in [4.78, 5) is 15.5. The highest BCUT2D eigenvalue weighted by Gasteiger charge is 2.23. The number of likely N-dealkylation sites (tertiary alicyclic amines) is 1. The van der Waals surface area contributed by atoms with Crippen molar-refractivity contribution in [2.75, 3.05) is 33.4 Å². The predicted molar refractivity (Wildman–Crippen MR) is 124 cm³/mol. The molecule has 178 valence electrons. The Kier molecular flexibility index (Phi) is 7.45. The van der Waals surface area contributed by atoms with E-state index in [1.54, 1.807) is 0 Å². The van der Waals surface area contributed by atoms with Crippen LogP contribution in [0.25, 0.3) is 22.3 Å². The topological polar surface area (TPSA) is 133 Å². The molecule has 9 nitrogen and oxygen atoms in total. The molecule has 1 aliphatic heterocycles. The van der Waals surface area contributed by atoms with Crippen LogP contribution in [0.5, 0.6) is 34.5 Å². The van der Waals surface area contributed by atoms with E-state index >= 15 is 0 Å². The van der Waals surface area contributed by atoms with Gasteiger partial charge in [-0.3, -0.25) is 9.69 Å². The molecule has 3 aromatic rings. The molecule has 1 saturated heterocycles. The Morgan fingerprint density at radius 3 is 2.30 bits per heavy atom. The van der Waals surface area contributed by atoms with Crippen molar-refractivity contribution in [3.8, 4) is 45.8 Å². The Morgan fingerprint density at radius 1 is 1.00 bits per heavy atom. The fourth-order valence-electron chi connectivity index (χ4n) is 3.95. The van der Waals surface area contributed by atoms with E-state index in [-0.39, 0.29) is 51.9 Å². The average Bonchev–Trinajstić information content (AvgIpc) is 2.77. The van der Waals surface area contributed by atoms with Crippen LogP contribution in [-0.2, 0) is 0 Å². The maximum Gasteiger partial charge on any atom is 0.239 e. The van der Waals surface area contributed by atoms with Gasteiger partial charge in [0.15, 0.2) is 23.0 Å². The number of rotatable bonds is 6. The largest absolute Gasteiger partial charge is 0.508 e. The molecule has 1 aromatic heterocycles. The third-order valence-corrected chi connectivity index (χ3v) is 5.55. The molecule has 0 atom stereocenters. The molecule has 2 aromatic carbocycles. The first-order valence-corrected chi connectivity index (χ1v) is 10.4. The highest BCUT2D eigenvalue weighted by molar-refractivity contribution is 5.89. The quantitative estimate of drug-likeness (QED) is 0.391. The SMILES string of the molecule is COc1c(-c2cc(O)c(O)c(O)c2)oc2cc(O)cc(OCCN3CCCCC3)c2c1=O.Cl. The van der Waals surface area contributed by atoms with Gasteiger partial charge in [-0.15, -0.1) is 12.4 Å². The average molecular weight is 480 g/mol. The summed E-state index contributed by atoms with van der Waals surface area (Å²) < 4.78 is 17.0. The Bertz CT molecular complexity index is 1180. The minimum absolute atomic E-state index is 0. The van der Waals surface area contributed by atoms with Crippen LogP contribution in [0.4, 0.5) is 0 Å². The van der Waals surface area contributed by atoms with E-state index in [9.17, 15) is 25.2 Å². The molecule has 0 radical (unpaired) electrons. The molecule has 10 heteroatoms. The number of piperidine rings is 1. The monoisotopic (exact) mass is 479 g/mol. The molecule has 0 spiro atoms. The smallest absolute Gasteiger partial charge is 0.239 e. The van der Waals surface area contributed by atoms with Crippen LogP contribution < -0.4 is 14.9 Å². The molecule has 0 bridgehead atoms. The lowest BCUT2D eigenvalue weighted by Gasteiger charge is -2.26. The summed E-state index contributed by atoms with van der Waals surface area (Å²) in [6, 6.07) is 4.88. The van der Waals surface area contributed by atoms with Crippen LogP contribution in [0.15, 0.2) is 33.5 Å².